The molecular weight excluding hydrogens is 196 g/mol. The van der Waals surface area contributed by atoms with Gasteiger partial charge in [0.25, 0.3) is 0 Å². The summed E-state index contributed by atoms with van der Waals surface area (Å²) < 4.78 is 0. The average molecular weight is 220 g/mol. The third-order valence-corrected chi connectivity index (χ3v) is 2.39. The second-order valence-electron chi connectivity index (χ2n) is 4.32. The van der Waals surface area contributed by atoms with Crippen molar-refractivity contribution < 1.29 is 4.79 Å². The fraction of sp³-hybridized carbons (Fsp3) is 0.533. The summed E-state index contributed by atoms with van der Waals surface area (Å²) in [5.74, 6) is 0.0998. The van der Waals surface area contributed by atoms with Crippen molar-refractivity contribution in [3.8, 4) is 0 Å². The summed E-state index contributed by atoms with van der Waals surface area (Å²) in [6.07, 6.45) is 12.4. The van der Waals surface area contributed by atoms with Crippen LogP contribution in [0.25, 0.3) is 0 Å². The maximum atomic E-state index is 10.7. The SMILES string of the molecule is CCCC(C)=CCC/C(C)=C\C=C/C(C)=O. The standard InChI is InChI=1S/C15H24O/c1-5-8-13(2)9-6-10-14(3)11-7-12-15(4)16/h7,9,11-12H,5-6,8,10H2,1-4H3/b12-7-,13-9?,14-11-. The first-order chi connectivity index (χ1) is 7.56. The van der Waals surface area contributed by atoms with Crippen molar-refractivity contribution in [1.82, 2.24) is 0 Å². The summed E-state index contributed by atoms with van der Waals surface area (Å²) in [5, 5.41) is 0. The molecule has 90 valence electrons. The normalized spacial score (nSPS) is 13.5. The van der Waals surface area contributed by atoms with Crippen LogP contribution in [0.3, 0.4) is 0 Å². The van der Waals surface area contributed by atoms with E-state index in [9.17, 15) is 4.79 Å². The van der Waals surface area contributed by atoms with E-state index in [1.165, 1.54) is 24.0 Å². The quantitative estimate of drug-likeness (QED) is 0.348. The van der Waals surface area contributed by atoms with Crippen LogP contribution in [0.15, 0.2) is 35.5 Å². The number of rotatable bonds is 7. The zero-order valence-electron chi connectivity index (χ0n) is 11.0. The third-order valence-electron chi connectivity index (χ3n) is 2.39. The van der Waals surface area contributed by atoms with Crippen molar-refractivity contribution in [3.05, 3.63) is 35.5 Å². The predicted molar refractivity (Wildman–Crippen MR) is 71.5 cm³/mol. The Morgan fingerprint density at radius 1 is 1.06 bits per heavy atom. The van der Waals surface area contributed by atoms with Gasteiger partial charge in [-0.2, -0.15) is 0 Å². The van der Waals surface area contributed by atoms with Crippen molar-refractivity contribution >= 4 is 5.78 Å². The number of carbonyl (C=O) groups is 1. The first-order valence-corrected chi connectivity index (χ1v) is 6.06. The van der Waals surface area contributed by atoms with Gasteiger partial charge in [-0.05, 0) is 46.1 Å². The Kier molecular flexibility index (Phi) is 8.51. The van der Waals surface area contributed by atoms with Crippen molar-refractivity contribution in [2.75, 3.05) is 0 Å². The van der Waals surface area contributed by atoms with Crippen LogP contribution in [0.5, 0.6) is 0 Å². The molecule has 0 aliphatic heterocycles. The van der Waals surface area contributed by atoms with Gasteiger partial charge in [0.1, 0.15) is 0 Å². The Balaban J connectivity index is 3.93. The van der Waals surface area contributed by atoms with Crippen molar-refractivity contribution in [3.63, 3.8) is 0 Å². The lowest BCUT2D eigenvalue weighted by molar-refractivity contribution is -0.112. The molecule has 0 spiro atoms. The highest BCUT2D eigenvalue weighted by Crippen LogP contribution is 2.09. The summed E-state index contributed by atoms with van der Waals surface area (Å²) >= 11 is 0. The second-order valence-corrected chi connectivity index (χ2v) is 4.32. The van der Waals surface area contributed by atoms with Gasteiger partial charge in [-0.1, -0.05) is 42.7 Å². The molecule has 0 heterocycles. The van der Waals surface area contributed by atoms with Gasteiger partial charge in [0.05, 0.1) is 0 Å². The van der Waals surface area contributed by atoms with Gasteiger partial charge in [0.15, 0.2) is 5.78 Å². The minimum absolute atomic E-state index is 0.0998. The molecule has 0 unspecified atom stereocenters. The van der Waals surface area contributed by atoms with Crippen LogP contribution < -0.4 is 0 Å². The zero-order chi connectivity index (χ0) is 12.4. The third kappa shape index (κ3) is 9.45. The maximum Gasteiger partial charge on any atom is 0.152 e. The van der Waals surface area contributed by atoms with Crippen LogP contribution in [0.4, 0.5) is 0 Å². The Morgan fingerprint density at radius 3 is 2.31 bits per heavy atom. The minimum Gasteiger partial charge on any atom is -0.295 e. The second kappa shape index (κ2) is 9.14. The molecule has 16 heavy (non-hydrogen) atoms. The van der Waals surface area contributed by atoms with Gasteiger partial charge in [-0.3, -0.25) is 4.79 Å². The Bertz CT molecular complexity index is 293. The summed E-state index contributed by atoms with van der Waals surface area (Å²) in [7, 11) is 0. The fourth-order valence-corrected chi connectivity index (χ4v) is 1.47. The van der Waals surface area contributed by atoms with Gasteiger partial charge in [0.2, 0.25) is 0 Å². The number of carbonyl (C=O) groups excluding carboxylic acids is 1. The molecular formula is C15H24O. The van der Waals surface area contributed by atoms with Crippen LogP contribution in [0, 0.1) is 0 Å². The number of ketones is 1. The molecule has 0 radical (unpaired) electrons. The maximum absolute atomic E-state index is 10.7. The van der Waals surface area contributed by atoms with Gasteiger partial charge in [-0.25, -0.2) is 0 Å². The Hall–Kier alpha value is -1.11. The van der Waals surface area contributed by atoms with Gasteiger partial charge >= 0.3 is 0 Å². The molecule has 0 aromatic rings. The van der Waals surface area contributed by atoms with E-state index in [1.54, 1.807) is 13.0 Å². The molecule has 0 rings (SSSR count). The zero-order valence-corrected chi connectivity index (χ0v) is 11.0. The molecule has 0 saturated carbocycles. The predicted octanol–water partition coefficient (Wildman–Crippen LogP) is 4.60. The van der Waals surface area contributed by atoms with E-state index in [0.29, 0.717) is 0 Å². The topological polar surface area (TPSA) is 17.1 Å². The molecule has 0 aliphatic rings. The lowest BCUT2D eigenvalue weighted by atomic mass is 10.1. The van der Waals surface area contributed by atoms with E-state index < -0.39 is 0 Å². The smallest absolute Gasteiger partial charge is 0.152 e. The van der Waals surface area contributed by atoms with E-state index in [0.717, 1.165) is 12.8 Å². The van der Waals surface area contributed by atoms with Crippen molar-refractivity contribution in [2.24, 2.45) is 0 Å². The summed E-state index contributed by atoms with van der Waals surface area (Å²) in [6.45, 7) is 8.07. The first kappa shape index (κ1) is 14.9. The van der Waals surface area contributed by atoms with Crippen molar-refractivity contribution in [2.45, 2.75) is 53.4 Å². The molecule has 1 nitrogen and oxygen atoms in total. The molecule has 0 saturated heterocycles. The molecule has 0 N–H and O–H groups in total. The summed E-state index contributed by atoms with van der Waals surface area (Å²) in [4.78, 5) is 10.7. The molecule has 0 bridgehead atoms. The lowest BCUT2D eigenvalue weighted by Gasteiger charge is -1.99. The van der Waals surface area contributed by atoms with E-state index in [2.05, 4.69) is 26.8 Å². The van der Waals surface area contributed by atoms with Gasteiger partial charge in [-0.15, -0.1) is 0 Å². The van der Waals surface area contributed by atoms with Crippen LogP contribution in [-0.2, 0) is 4.79 Å². The highest BCUT2D eigenvalue weighted by molar-refractivity contribution is 5.87. The van der Waals surface area contributed by atoms with E-state index in [4.69, 9.17) is 0 Å². The first-order valence-electron chi connectivity index (χ1n) is 6.06. The lowest BCUT2D eigenvalue weighted by Crippen LogP contribution is -1.80. The van der Waals surface area contributed by atoms with E-state index in [1.807, 2.05) is 12.2 Å². The molecule has 0 aromatic heterocycles. The summed E-state index contributed by atoms with van der Waals surface area (Å²) in [5.41, 5.74) is 2.80. The molecule has 0 fully saturated rings. The Morgan fingerprint density at radius 2 is 1.75 bits per heavy atom. The van der Waals surface area contributed by atoms with E-state index in [-0.39, 0.29) is 5.78 Å². The van der Waals surface area contributed by atoms with Crippen molar-refractivity contribution in [1.29, 1.82) is 0 Å². The molecule has 1 heteroatoms. The van der Waals surface area contributed by atoms with E-state index >= 15 is 0 Å². The molecule has 0 atom stereocenters. The molecule has 0 aromatic carbocycles. The Labute approximate surface area is 99.9 Å². The van der Waals surface area contributed by atoms with Gasteiger partial charge in [0, 0.05) is 0 Å². The largest absolute Gasteiger partial charge is 0.295 e. The van der Waals surface area contributed by atoms with Crippen LogP contribution in [0.1, 0.15) is 53.4 Å². The fourth-order valence-electron chi connectivity index (χ4n) is 1.47. The number of hydrogen-bond acceptors (Lipinski definition) is 1. The highest BCUT2D eigenvalue weighted by atomic mass is 16.1. The van der Waals surface area contributed by atoms with Crippen LogP contribution in [-0.4, -0.2) is 5.78 Å². The van der Waals surface area contributed by atoms with Gasteiger partial charge < -0.3 is 0 Å². The average Bonchev–Trinajstić information content (AvgIpc) is 2.17. The minimum atomic E-state index is 0.0998. The molecule has 0 aliphatic carbocycles. The van der Waals surface area contributed by atoms with Crippen LogP contribution >= 0.6 is 0 Å². The van der Waals surface area contributed by atoms with Crippen LogP contribution in [0.2, 0.25) is 0 Å². The number of hydrogen-bond donors (Lipinski definition) is 0. The summed E-state index contributed by atoms with van der Waals surface area (Å²) in [6, 6.07) is 0. The highest BCUT2D eigenvalue weighted by Gasteiger charge is 1.90. The monoisotopic (exact) mass is 220 g/mol. The number of allylic oxidation sites excluding steroid dienone is 6. The molecule has 0 amide bonds.